The van der Waals surface area contributed by atoms with E-state index in [1.54, 1.807) is 13.8 Å². The van der Waals surface area contributed by atoms with Crippen LogP contribution in [0.2, 0.25) is 0 Å². The third kappa shape index (κ3) is 3.15. The molecule has 0 spiro atoms. The molecule has 0 fully saturated rings. The number of nitrogens with zero attached hydrogens (tertiary/aromatic N) is 2. The summed E-state index contributed by atoms with van der Waals surface area (Å²) in [6, 6.07) is 20.1. The van der Waals surface area contributed by atoms with Gasteiger partial charge in [-0.25, -0.2) is 0 Å². The Labute approximate surface area is 165 Å². The van der Waals surface area contributed by atoms with Crippen LogP contribution in [0.5, 0.6) is 0 Å². The number of hydrogen-bond donors (Lipinski definition) is 1. The minimum atomic E-state index is -0.922. The fourth-order valence-corrected chi connectivity index (χ4v) is 4.07. The summed E-state index contributed by atoms with van der Waals surface area (Å²) in [5.41, 5.74) is 3.38. The van der Waals surface area contributed by atoms with Crippen LogP contribution in [0.15, 0.2) is 89.1 Å². The normalized spacial score (nSPS) is 17.4. The highest BCUT2D eigenvalue weighted by Gasteiger charge is 2.40. The Balaban J connectivity index is 1.68. The number of benzene rings is 2. The molecule has 0 saturated carbocycles. The molecule has 1 atom stereocenters. The molecule has 4 rings (SSSR count). The smallest absolute Gasteiger partial charge is 0.310 e. The van der Waals surface area contributed by atoms with Crippen molar-refractivity contribution in [1.29, 1.82) is 0 Å². The molecule has 1 unspecified atom stereocenters. The Bertz CT molecular complexity index is 972. The lowest BCUT2D eigenvalue weighted by atomic mass is 9.70. The van der Waals surface area contributed by atoms with Gasteiger partial charge in [0.05, 0.1) is 12.0 Å². The minimum absolute atomic E-state index is 0.221. The quantitative estimate of drug-likeness (QED) is 0.843. The van der Waals surface area contributed by atoms with Crippen molar-refractivity contribution in [2.24, 2.45) is 10.4 Å². The fourth-order valence-electron chi connectivity index (χ4n) is 4.07. The van der Waals surface area contributed by atoms with E-state index in [2.05, 4.69) is 29.2 Å². The average molecular weight is 372 g/mol. The van der Waals surface area contributed by atoms with Crippen molar-refractivity contribution >= 4 is 11.8 Å². The Morgan fingerprint density at radius 1 is 1.07 bits per heavy atom. The first-order valence-electron chi connectivity index (χ1n) is 9.55. The summed E-state index contributed by atoms with van der Waals surface area (Å²) in [6.45, 7) is 4.93. The second-order valence-electron chi connectivity index (χ2n) is 7.83. The lowest BCUT2D eigenvalue weighted by molar-refractivity contribution is -0.147. The third-order valence-corrected chi connectivity index (χ3v) is 5.61. The average Bonchev–Trinajstić information content (AvgIpc) is 3.13. The lowest BCUT2D eigenvalue weighted by Gasteiger charge is -2.35. The third-order valence-electron chi connectivity index (χ3n) is 5.61. The first-order valence-corrected chi connectivity index (χ1v) is 9.55. The number of aliphatic carboxylic acids is 1. The second kappa shape index (κ2) is 7.12. The first kappa shape index (κ1) is 18.2. The van der Waals surface area contributed by atoms with Crippen LogP contribution in [0.25, 0.3) is 0 Å². The molecule has 2 aromatic carbocycles. The number of amidine groups is 1. The van der Waals surface area contributed by atoms with Crippen molar-refractivity contribution in [1.82, 2.24) is 4.90 Å². The van der Waals surface area contributed by atoms with E-state index in [0.29, 0.717) is 13.1 Å². The zero-order chi connectivity index (χ0) is 19.7. The van der Waals surface area contributed by atoms with E-state index >= 15 is 0 Å². The molecule has 1 N–H and O–H groups in total. The van der Waals surface area contributed by atoms with Crippen LogP contribution in [0.3, 0.4) is 0 Å². The molecule has 4 heteroatoms. The van der Waals surface area contributed by atoms with Gasteiger partial charge in [-0.2, -0.15) is 0 Å². The molecule has 28 heavy (non-hydrogen) atoms. The maximum Gasteiger partial charge on any atom is 0.310 e. The summed E-state index contributed by atoms with van der Waals surface area (Å²) in [7, 11) is 0. The number of aliphatic imine (C=N–C) groups is 1. The second-order valence-corrected chi connectivity index (χ2v) is 7.83. The summed E-state index contributed by atoms with van der Waals surface area (Å²) < 4.78 is 0. The molecule has 4 nitrogen and oxygen atoms in total. The highest BCUT2D eigenvalue weighted by molar-refractivity contribution is 6.01. The predicted molar refractivity (Wildman–Crippen MR) is 111 cm³/mol. The number of rotatable bonds is 5. The standard InChI is InChI=1S/C24H24N2O2/c1-24(2,23(27)28)21(17-9-5-3-6-10-17)19-13-14-26-20(15-19)16-25-22(26)18-11-7-4-8-12-18/h3-13,15,21H,14,16H2,1-2H3,(H,27,28). The molecule has 0 aliphatic carbocycles. The van der Waals surface area contributed by atoms with Crippen molar-refractivity contribution in [2.45, 2.75) is 19.8 Å². The lowest BCUT2D eigenvalue weighted by Crippen LogP contribution is -2.35. The molecule has 0 radical (unpaired) electrons. The molecule has 0 bridgehead atoms. The molecular weight excluding hydrogens is 348 g/mol. The van der Waals surface area contributed by atoms with E-state index in [4.69, 9.17) is 4.99 Å². The van der Waals surface area contributed by atoms with Gasteiger partial charge in [-0.3, -0.25) is 9.79 Å². The van der Waals surface area contributed by atoms with Crippen LogP contribution in [-0.2, 0) is 4.79 Å². The topological polar surface area (TPSA) is 52.9 Å². The maximum atomic E-state index is 12.1. The molecule has 2 aliphatic heterocycles. The van der Waals surface area contributed by atoms with E-state index in [1.807, 2.05) is 48.5 Å². The predicted octanol–water partition coefficient (Wildman–Crippen LogP) is 4.47. The van der Waals surface area contributed by atoms with E-state index < -0.39 is 11.4 Å². The molecule has 142 valence electrons. The van der Waals surface area contributed by atoms with Crippen LogP contribution in [0.1, 0.15) is 30.9 Å². The molecular formula is C24H24N2O2. The zero-order valence-corrected chi connectivity index (χ0v) is 16.2. The van der Waals surface area contributed by atoms with Gasteiger partial charge in [-0.15, -0.1) is 0 Å². The monoisotopic (exact) mass is 372 g/mol. The summed E-state index contributed by atoms with van der Waals surface area (Å²) in [4.78, 5) is 19.0. The van der Waals surface area contributed by atoms with Crippen molar-refractivity contribution in [3.05, 3.63) is 95.2 Å². The van der Waals surface area contributed by atoms with Crippen molar-refractivity contribution in [3.63, 3.8) is 0 Å². The highest BCUT2D eigenvalue weighted by atomic mass is 16.4. The van der Waals surface area contributed by atoms with Crippen molar-refractivity contribution in [3.8, 4) is 0 Å². The summed E-state index contributed by atoms with van der Waals surface area (Å²) in [5, 5.41) is 9.90. The van der Waals surface area contributed by atoms with Gasteiger partial charge in [0.2, 0.25) is 0 Å². The maximum absolute atomic E-state index is 12.1. The van der Waals surface area contributed by atoms with Gasteiger partial charge in [0.25, 0.3) is 0 Å². The summed E-state index contributed by atoms with van der Waals surface area (Å²) >= 11 is 0. The summed E-state index contributed by atoms with van der Waals surface area (Å²) in [5.74, 6) is -0.0340. The van der Waals surface area contributed by atoms with Crippen molar-refractivity contribution in [2.75, 3.05) is 13.1 Å². The number of carbonyl (C=O) groups is 1. The van der Waals surface area contributed by atoms with Gasteiger partial charge >= 0.3 is 5.97 Å². The number of fused-ring (bicyclic) bond motifs is 1. The first-order chi connectivity index (χ1) is 13.5. The van der Waals surface area contributed by atoms with Gasteiger partial charge in [0, 0.05) is 23.7 Å². The number of carboxylic acid groups (broad SMARTS) is 1. The van der Waals surface area contributed by atoms with Gasteiger partial charge in [0.15, 0.2) is 0 Å². The molecule has 2 aromatic rings. The minimum Gasteiger partial charge on any atom is -0.481 e. The van der Waals surface area contributed by atoms with Crippen LogP contribution in [0.4, 0.5) is 0 Å². The SMILES string of the molecule is CC(C)(C(=O)O)C(C1=CCN2C(=C1)CN=C2c1ccccc1)c1ccccc1. The van der Waals surface area contributed by atoms with E-state index in [1.165, 1.54) is 0 Å². The van der Waals surface area contributed by atoms with Crippen LogP contribution >= 0.6 is 0 Å². The van der Waals surface area contributed by atoms with Gasteiger partial charge < -0.3 is 10.0 Å². The Kier molecular flexibility index (Phi) is 4.63. The van der Waals surface area contributed by atoms with Crippen LogP contribution < -0.4 is 0 Å². The fraction of sp³-hybridized carbons (Fsp3) is 0.250. The van der Waals surface area contributed by atoms with Crippen LogP contribution in [-0.4, -0.2) is 34.9 Å². The number of hydrogen-bond acceptors (Lipinski definition) is 3. The Morgan fingerprint density at radius 3 is 2.36 bits per heavy atom. The van der Waals surface area contributed by atoms with E-state index in [0.717, 1.165) is 28.2 Å². The van der Waals surface area contributed by atoms with Gasteiger partial charge in [-0.05, 0) is 31.1 Å². The van der Waals surface area contributed by atoms with Gasteiger partial charge in [0.1, 0.15) is 5.84 Å². The van der Waals surface area contributed by atoms with E-state index in [9.17, 15) is 9.90 Å². The number of carboxylic acids is 1. The molecule has 2 aliphatic rings. The molecule has 0 amide bonds. The zero-order valence-electron chi connectivity index (χ0n) is 16.2. The van der Waals surface area contributed by atoms with Gasteiger partial charge in [-0.1, -0.05) is 66.7 Å². The van der Waals surface area contributed by atoms with Crippen LogP contribution in [0, 0.1) is 5.41 Å². The van der Waals surface area contributed by atoms with E-state index in [-0.39, 0.29) is 5.92 Å². The molecule has 0 saturated heterocycles. The Morgan fingerprint density at radius 2 is 1.71 bits per heavy atom. The van der Waals surface area contributed by atoms with Crippen molar-refractivity contribution < 1.29 is 9.90 Å². The highest BCUT2D eigenvalue weighted by Crippen LogP contribution is 2.43. The largest absolute Gasteiger partial charge is 0.481 e. The molecule has 0 aromatic heterocycles. The number of allylic oxidation sites excluding steroid dienone is 2. The Hall–Kier alpha value is -3.14. The summed E-state index contributed by atoms with van der Waals surface area (Å²) in [6.07, 6.45) is 4.28. The molecule has 2 heterocycles.